The fourth-order valence-electron chi connectivity index (χ4n) is 2.34. The second-order valence-corrected chi connectivity index (χ2v) is 8.36. The van der Waals surface area contributed by atoms with Crippen molar-refractivity contribution in [2.24, 2.45) is 5.92 Å². The summed E-state index contributed by atoms with van der Waals surface area (Å²) in [7, 11) is -1.81. The van der Waals surface area contributed by atoms with Crippen LogP contribution in [0.5, 0.6) is 0 Å². The lowest BCUT2D eigenvalue weighted by Gasteiger charge is -2.27. The predicted molar refractivity (Wildman–Crippen MR) is 84.6 cm³/mol. The van der Waals surface area contributed by atoms with Gasteiger partial charge in [0.25, 0.3) is 0 Å². The van der Waals surface area contributed by atoms with Crippen LogP contribution in [-0.2, 0) is 10.0 Å². The smallest absolute Gasteiger partial charge is 0.242 e. The molecular weight excluding hydrogens is 364 g/mol. The summed E-state index contributed by atoms with van der Waals surface area (Å²) in [5, 5.41) is 3.79. The van der Waals surface area contributed by atoms with Crippen LogP contribution >= 0.6 is 27.5 Å². The Hall–Kier alpha value is -0.140. The molecule has 0 saturated carbocycles. The van der Waals surface area contributed by atoms with Gasteiger partial charge >= 0.3 is 0 Å². The first-order chi connectivity index (χ1) is 9.41. The molecule has 0 unspecified atom stereocenters. The Bertz CT molecular complexity index is 574. The second kappa shape index (κ2) is 6.75. The monoisotopic (exact) mass is 380 g/mol. The van der Waals surface area contributed by atoms with Crippen LogP contribution in [0.2, 0.25) is 5.02 Å². The molecule has 1 aliphatic rings. The van der Waals surface area contributed by atoms with Crippen LogP contribution in [0.4, 0.5) is 0 Å². The average molecular weight is 382 g/mol. The highest BCUT2D eigenvalue weighted by atomic mass is 79.9. The van der Waals surface area contributed by atoms with Gasteiger partial charge in [0.1, 0.15) is 0 Å². The molecule has 1 N–H and O–H groups in total. The molecule has 20 heavy (non-hydrogen) atoms. The number of rotatable bonds is 4. The molecule has 1 aromatic rings. The molecule has 0 aliphatic carbocycles. The maximum absolute atomic E-state index is 12.5. The topological polar surface area (TPSA) is 49.4 Å². The average Bonchev–Trinajstić information content (AvgIpc) is 2.42. The number of hydrogen-bond acceptors (Lipinski definition) is 3. The number of sulfonamides is 1. The quantitative estimate of drug-likeness (QED) is 0.872. The molecule has 0 aromatic heterocycles. The lowest BCUT2D eigenvalue weighted by Crippen LogP contribution is -2.37. The van der Waals surface area contributed by atoms with Crippen molar-refractivity contribution < 1.29 is 8.42 Å². The maximum atomic E-state index is 12.5. The van der Waals surface area contributed by atoms with E-state index in [2.05, 4.69) is 21.2 Å². The predicted octanol–water partition coefficient (Wildman–Crippen LogP) is 2.72. The van der Waals surface area contributed by atoms with E-state index in [4.69, 9.17) is 11.6 Å². The molecule has 1 aliphatic heterocycles. The van der Waals surface area contributed by atoms with E-state index in [1.807, 2.05) is 0 Å². The first-order valence-corrected chi connectivity index (χ1v) is 9.14. The third-order valence-corrected chi connectivity index (χ3v) is 6.61. The van der Waals surface area contributed by atoms with Crippen LogP contribution in [0.25, 0.3) is 0 Å². The highest BCUT2D eigenvalue weighted by Gasteiger charge is 2.25. The van der Waals surface area contributed by atoms with E-state index >= 15 is 0 Å². The van der Waals surface area contributed by atoms with Crippen LogP contribution < -0.4 is 5.32 Å². The Morgan fingerprint density at radius 1 is 1.40 bits per heavy atom. The Labute approximate surface area is 133 Å². The van der Waals surface area contributed by atoms with Crippen LogP contribution in [0.15, 0.2) is 27.6 Å². The minimum absolute atomic E-state index is 0.269. The van der Waals surface area contributed by atoms with Gasteiger partial charge < -0.3 is 5.32 Å². The largest absolute Gasteiger partial charge is 0.317 e. The van der Waals surface area contributed by atoms with Crippen molar-refractivity contribution in [3.05, 3.63) is 27.7 Å². The van der Waals surface area contributed by atoms with E-state index in [1.165, 1.54) is 4.31 Å². The molecule has 0 spiro atoms. The highest BCUT2D eigenvalue weighted by Crippen LogP contribution is 2.27. The Morgan fingerprint density at radius 3 is 2.65 bits per heavy atom. The van der Waals surface area contributed by atoms with Crippen LogP contribution in [0, 0.1) is 5.92 Å². The van der Waals surface area contributed by atoms with Gasteiger partial charge in [0.15, 0.2) is 0 Å². The standard InChI is InChI=1S/C13H18BrClN2O2S/c1-17(9-10-4-6-16-7-5-10)20(18,19)11-2-3-13(15)12(14)8-11/h2-3,8,10,16H,4-7,9H2,1H3. The molecule has 1 aromatic carbocycles. The fourth-order valence-corrected chi connectivity index (χ4v) is 4.26. The first kappa shape index (κ1) is 16.2. The van der Waals surface area contributed by atoms with Gasteiger partial charge in [-0.25, -0.2) is 12.7 Å². The van der Waals surface area contributed by atoms with Crippen molar-refractivity contribution in [2.45, 2.75) is 17.7 Å². The van der Waals surface area contributed by atoms with Crippen molar-refractivity contribution in [2.75, 3.05) is 26.7 Å². The van der Waals surface area contributed by atoms with Gasteiger partial charge in [0.2, 0.25) is 10.0 Å². The van der Waals surface area contributed by atoms with E-state index in [0.29, 0.717) is 22.0 Å². The molecule has 1 saturated heterocycles. The van der Waals surface area contributed by atoms with E-state index in [1.54, 1.807) is 25.2 Å². The van der Waals surface area contributed by atoms with E-state index in [9.17, 15) is 8.42 Å². The van der Waals surface area contributed by atoms with Crippen LogP contribution in [0.3, 0.4) is 0 Å². The van der Waals surface area contributed by atoms with Gasteiger partial charge in [-0.05, 0) is 66.0 Å². The van der Waals surface area contributed by atoms with Gasteiger partial charge in [-0.15, -0.1) is 0 Å². The summed E-state index contributed by atoms with van der Waals surface area (Å²) >= 11 is 9.17. The highest BCUT2D eigenvalue weighted by molar-refractivity contribution is 9.10. The van der Waals surface area contributed by atoms with Crippen molar-refractivity contribution in [3.8, 4) is 0 Å². The molecule has 7 heteroatoms. The number of nitrogens with zero attached hydrogens (tertiary/aromatic N) is 1. The minimum atomic E-state index is -3.45. The Morgan fingerprint density at radius 2 is 2.05 bits per heavy atom. The summed E-state index contributed by atoms with van der Waals surface area (Å²) in [6.45, 7) is 2.49. The summed E-state index contributed by atoms with van der Waals surface area (Å²) in [6.07, 6.45) is 2.04. The lowest BCUT2D eigenvalue weighted by molar-refractivity contribution is 0.311. The normalized spacial score (nSPS) is 17.6. The van der Waals surface area contributed by atoms with E-state index < -0.39 is 10.0 Å². The minimum Gasteiger partial charge on any atom is -0.317 e. The summed E-state index contributed by atoms with van der Waals surface area (Å²) in [5.74, 6) is 0.423. The SMILES string of the molecule is CN(CC1CCNCC1)S(=O)(=O)c1ccc(Cl)c(Br)c1. The van der Waals surface area contributed by atoms with Gasteiger partial charge in [-0.3, -0.25) is 0 Å². The van der Waals surface area contributed by atoms with Crippen molar-refractivity contribution in [1.82, 2.24) is 9.62 Å². The molecule has 0 radical (unpaired) electrons. The molecule has 0 atom stereocenters. The summed E-state index contributed by atoms with van der Waals surface area (Å²) in [6, 6.07) is 4.69. The van der Waals surface area contributed by atoms with Gasteiger partial charge in [-0.2, -0.15) is 0 Å². The number of benzene rings is 1. The molecular formula is C13H18BrClN2O2S. The molecule has 1 heterocycles. The Balaban J connectivity index is 2.13. The lowest BCUT2D eigenvalue weighted by atomic mass is 9.98. The van der Waals surface area contributed by atoms with E-state index in [0.717, 1.165) is 25.9 Å². The van der Waals surface area contributed by atoms with Gasteiger partial charge in [-0.1, -0.05) is 11.6 Å². The molecule has 112 valence electrons. The van der Waals surface area contributed by atoms with Crippen molar-refractivity contribution >= 4 is 37.6 Å². The second-order valence-electron chi connectivity index (χ2n) is 5.05. The molecule has 4 nitrogen and oxygen atoms in total. The molecule has 0 amide bonds. The first-order valence-electron chi connectivity index (χ1n) is 6.53. The van der Waals surface area contributed by atoms with Crippen LogP contribution in [-0.4, -0.2) is 39.4 Å². The molecule has 2 rings (SSSR count). The molecule has 1 fully saturated rings. The maximum Gasteiger partial charge on any atom is 0.242 e. The van der Waals surface area contributed by atoms with E-state index in [-0.39, 0.29) is 4.90 Å². The van der Waals surface area contributed by atoms with Crippen LogP contribution in [0.1, 0.15) is 12.8 Å². The van der Waals surface area contributed by atoms with Crippen molar-refractivity contribution in [3.63, 3.8) is 0 Å². The number of hydrogen-bond donors (Lipinski definition) is 1. The summed E-state index contributed by atoms with van der Waals surface area (Å²) in [5.41, 5.74) is 0. The third-order valence-electron chi connectivity index (χ3n) is 3.57. The number of halogens is 2. The zero-order valence-electron chi connectivity index (χ0n) is 11.3. The Kier molecular flexibility index (Phi) is 5.48. The zero-order valence-corrected chi connectivity index (χ0v) is 14.4. The van der Waals surface area contributed by atoms with Gasteiger partial charge in [0, 0.05) is 18.1 Å². The zero-order chi connectivity index (χ0) is 14.8. The van der Waals surface area contributed by atoms with Gasteiger partial charge in [0.05, 0.1) is 9.92 Å². The summed E-state index contributed by atoms with van der Waals surface area (Å²) in [4.78, 5) is 0.269. The number of nitrogens with one attached hydrogen (secondary N) is 1. The summed E-state index contributed by atoms with van der Waals surface area (Å²) < 4.78 is 27.1. The van der Waals surface area contributed by atoms with Crippen molar-refractivity contribution in [1.29, 1.82) is 0 Å². The third kappa shape index (κ3) is 3.74. The number of piperidine rings is 1. The fraction of sp³-hybridized carbons (Fsp3) is 0.538. The molecule has 0 bridgehead atoms.